The van der Waals surface area contributed by atoms with E-state index in [1.807, 2.05) is 40.1 Å². The fourth-order valence-corrected chi connectivity index (χ4v) is 4.95. The van der Waals surface area contributed by atoms with Crippen LogP contribution in [0.4, 0.5) is 4.79 Å². The Bertz CT molecular complexity index is 837. The van der Waals surface area contributed by atoms with Gasteiger partial charge in [0.25, 0.3) is 11.1 Å². The third-order valence-corrected chi connectivity index (χ3v) is 6.80. The highest BCUT2D eigenvalue weighted by Gasteiger charge is 2.44. The molecular formula is C21H23N3O3S. The molecule has 146 valence electrons. The van der Waals surface area contributed by atoms with Crippen LogP contribution in [-0.4, -0.2) is 64.8 Å². The Hall–Kier alpha value is -2.46. The molecule has 1 spiro atoms. The third-order valence-electron chi connectivity index (χ3n) is 5.92. The predicted octanol–water partition coefficient (Wildman–Crippen LogP) is 1.70. The number of likely N-dealkylation sites (tertiary alicyclic amines) is 2. The summed E-state index contributed by atoms with van der Waals surface area (Å²) < 4.78 is 0. The van der Waals surface area contributed by atoms with E-state index in [0.717, 1.165) is 37.9 Å². The lowest BCUT2D eigenvalue weighted by Crippen LogP contribution is -2.47. The minimum Gasteiger partial charge on any atom is -0.340 e. The van der Waals surface area contributed by atoms with Crippen LogP contribution in [0, 0.1) is 17.3 Å². The summed E-state index contributed by atoms with van der Waals surface area (Å²) in [6.45, 7) is 2.82. The number of amides is 3. The Morgan fingerprint density at radius 3 is 2.39 bits per heavy atom. The number of benzene rings is 1. The smallest absolute Gasteiger partial charge is 0.298 e. The van der Waals surface area contributed by atoms with Gasteiger partial charge in [0.2, 0.25) is 5.91 Å². The summed E-state index contributed by atoms with van der Waals surface area (Å²) >= 11 is 1.17. The van der Waals surface area contributed by atoms with Gasteiger partial charge in [-0.25, -0.2) is 0 Å². The van der Waals surface area contributed by atoms with Crippen molar-refractivity contribution in [1.29, 1.82) is 0 Å². The first-order valence-corrected chi connectivity index (χ1v) is 10.6. The molecule has 3 aliphatic rings. The largest absolute Gasteiger partial charge is 0.340 e. The van der Waals surface area contributed by atoms with Crippen LogP contribution in [0.25, 0.3) is 0 Å². The van der Waals surface area contributed by atoms with Crippen LogP contribution in [0.5, 0.6) is 0 Å². The SMILES string of the molecule is O=C1NC(C(=O)N2CCC3(CCN(C(=O)C#Cc4ccccc4)CC3)C2)CS1. The summed E-state index contributed by atoms with van der Waals surface area (Å²) in [6, 6.07) is 9.13. The lowest BCUT2D eigenvalue weighted by atomic mass is 9.78. The Kier molecular flexibility index (Phi) is 5.31. The monoisotopic (exact) mass is 397 g/mol. The zero-order valence-electron chi connectivity index (χ0n) is 15.6. The maximum absolute atomic E-state index is 12.6. The third kappa shape index (κ3) is 4.02. The van der Waals surface area contributed by atoms with Gasteiger partial charge >= 0.3 is 0 Å². The molecule has 3 heterocycles. The number of carbonyl (C=O) groups excluding carboxylic acids is 3. The first-order chi connectivity index (χ1) is 13.5. The van der Waals surface area contributed by atoms with Crippen LogP contribution in [0.3, 0.4) is 0 Å². The zero-order chi connectivity index (χ0) is 19.6. The quantitative estimate of drug-likeness (QED) is 0.733. The number of nitrogens with zero attached hydrogens (tertiary/aromatic N) is 2. The molecule has 7 heteroatoms. The zero-order valence-corrected chi connectivity index (χ0v) is 16.5. The molecule has 1 N–H and O–H groups in total. The molecule has 3 aliphatic heterocycles. The minimum absolute atomic E-state index is 0.0301. The van der Waals surface area contributed by atoms with Gasteiger partial charge in [-0.15, -0.1) is 0 Å². The van der Waals surface area contributed by atoms with Crippen molar-refractivity contribution >= 4 is 28.8 Å². The van der Waals surface area contributed by atoms with Crippen LogP contribution in [-0.2, 0) is 9.59 Å². The van der Waals surface area contributed by atoms with E-state index < -0.39 is 0 Å². The average Bonchev–Trinajstić information content (AvgIpc) is 3.34. The molecule has 0 aromatic heterocycles. The molecule has 0 bridgehead atoms. The number of rotatable bonds is 1. The van der Waals surface area contributed by atoms with E-state index in [4.69, 9.17) is 0 Å². The molecule has 3 saturated heterocycles. The second-order valence-electron chi connectivity index (χ2n) is 7.71. The molecule has 3 amide bonds. The summed E-state index contributed by atoms with van der Waals surface area (Å²) in [5.41, 5.74) is 0.932. The molecule has 6 nitrogen and oxygen atoms in total. The van der Waals surface area contributed by atoms with Gasteiger partial charge in [0.1, 0.15) is 6.04 Å². The number of hydrogen-bond donors (Lipinski definition) is 1. The van der Waals surface area contributed by atoms with E-state index in [-0.39, 0.29) is 28.5 Å². The molecule has 0 radical (unpaired) electrons. The summed E-state index contributed by atoms with van der Waals surface area (Å²) in [5.74, 6) is 6.09. The van der Waals surface area contributed by atoms with Crippen molar-refractivity contribution in [3.8, 4) is 11.8 Å². The summed E-state index contributed by atoms with van der Waals surface area (Å²) in [7, 11) is 0. The normalized spacial score (nSPS) is 23.3. The van der Waals surface area contributed by atoms with Gasteiger partial charge in [0.15, 0.2) is 0 Å². The molecular weight excluding hydrogens is 374 g/mol. The highest BCUT2D eigenvalue weighted by molar-refractivity contribution is 8.14. The molecule has 4 rings (SSSR count). The Morgan fingerprint density at radius 1 is 1.07 bits per heavy atom. The molecule has 0 aliphatic carbocycles. The molecule has 3 fully saturated rings. The second-order valence-corrected chi connectivity index (χ2v) is 8.71. The highest BCUT2D eigenvalue weighted by Crippen LogP contribution is 2.40. The van der Waals surface area contributed by atoms with E-state index in [0.29, 0.717) is 18.8 Å². The number of hydrogen-bond acceptors (Lipinski definition) is 4. The van der Waals surface area contributed by atoms with Crippen molar-refractivity contribution in [1.82, 2.24) is 15.1 Å². The van der Waals surface area contributed by atoms with Gasteiger partial charge in [0, 0.05) is 43.4 Å². The molecule has 28 heavy (non-hydrogen) atoms. The molecule has 1 atom stereocenters. The van der Waals surface area contributed by atoms with Crippen LogP contribution >= 0.6 is 11.8 Å². The Morgan fingerprint density at radius 2 is 1.75 bits per heavy atom. The van der Waals surface area contributed by atoms with Crippen LogP contribution in [0.1, 0.15) is 24.8 Å². The van der Waals surface area contributed by atoms with E-state index in [1.54, 1.807) is 0 Å². The van der Waals surface area contributed by atoms with Gasteiger partial charge in [-0.1, -0.05) is 35.9 Å². The van der Waals surface area contributed by atoms with Crippen molar-refractivity contribution in [3.05, 3.63) is 35.9 Å². The number of carbonyl (C=O) groups is 3. The molecule has 1 aromatic carbocycles. The second kappa shape index (κ2) is 7.88. The lowest BCUT2D eigenvalue weighted by molar-refractivity contribution is -0.132. The average molecular weight is 398 g/mol. The van der Waals surface area contributed by atoms with E-state index in [1.165, 1.54) is 11.8 Å². The number of thioether (sulfide) groups is 1. The van der Waals surface area contributed by atoms with Gasteiger partial charge in [-0.2, -0.15) is 0 Å². The summed E-state index contributed by atoms with van der Waals surface area (Å²) in [5, 5.41) is 2.62. The van der Waals surface area contributed by atoms with Crippen molar-refractivity contribution < 1.29 is 14.4 Å². The molecule has 1 unspecified atom stereocenters. The van der Waals surface area contributed by atoms with Crippen molar-refractivity contribution in [3.63, 3.8) is 0 Å². The standard InChI is InChI=1S/C21H23N3O3S/c25-18(7-6-16-4-2-1-3-5-16)23-11-8-21(9-12-23)10-13-24(15-21)19(26)17-14-28-20(27)22-17/h1-5,17H,8-15H2,(H,22,27). The maximum atomic E-state index is 12.6. The molecule has 0 saturated carbocycles. The van der Waals surface area contributed by atoms with Gasteiger partial charge < -0.3 is 15.1 Å². The van der Waals surface area contributed by atoms with Gasteiger partial charge in [-0.05, 0) is 36.8 Å². The fraction of sp³-hybridized carbons (Fsp3) is 0.476. The van der Waals surface area contributed by atoms with Gasteiger partial charge in [0.05, 0.1) is 0 Å². The van der Waals surface area contributed by atoms with E-state index >= 15 is 0 Å². The summed E-state index contributed by atoms with van der Waals surface area (Å²) in [4.78, 5) is 40.1. The Labute approximate surface area is 169 Å². The van der Waals surface area contributed by atoms with Crippen LogP contribution in [0.2, 0.25) is 0 Å². The van der Waals surface area contributed by atoms with Crippen LogP contribution < -0.4 is 5.32 Å². The number of nitrogens with one attached hydrogen (secondary N) is 1. The minimum atomic E-state index is -0.387. The van der Waals surface area contributed by atoms with Crippen molar-refractivity contribution in [2.75, 3.05) is 31.9 Å². The van der Waals surface area contributed by atoms with E-state index in [2.05, 4.69) is 17.2 Å². The maximum Gasteiger partial charge on any atom is 0.298 e. The van der Waals surface area contributed by atoms with Crippen molar-refractivity contribution in [2.45, 2.75) is 25.3 Å². The van der Waals surface area contributed by atoms with Gasteiger partial charge in [-0.3, -0.25) is 14.4 Å². The highest BCUT2D eigenvalue weighted by atomic mass is 32.2. The fourth-order valence-electron chi connectivity index (χ4n) is 4.18. The number of piperidine rings is 1. The van der Waals surface area contributed by atoms with Crippen molar-refractivity contribution in [2.24, 2.45) is 5.41 Å². The Balaban J connectivity index is 1.30. The van der Waals surface area contributed by atoms with Crippen LogP contribution in [0.15, 0.2) is 30.3 Å². The molecule has 1 aromatic rings. The summed E-state index contributed by atoms with van der Waals surface area (Å²) in [6.07, 6.45) is 2.74. The first-order valence-electron chi connectivity index (χ1n) is 9.63. The predicted molar refractivity (Wildman–Crippen MR) is 108 cm³/mol. The first kappa shape index (κ1) is 18.9. The van der Waals surface area contributed by atoms with E-state index in [9.17, 15) is 14.4 Å². The topological polar surface area (TPSA) is 69.7 Å². The lowest BCUT2D eigenvalue weighted by Gasteiger charge is -2.38.